The molecule has 0 unspecified atom stereocenters. The van der Waals surface area contributed by atoms with E-state index in [1.165, 1.54) is 11.1 Å². The van der Waals surface area contributed by atoms with E-state index in [0.717, 1.165) is 30.9 Å². The van der Waals surface area contributed by atoms with Crippen molar-refractivity contribution in [2.45, 2.75) is 20.1 Å². The summed E-state index contributed by atoms with van der Waals surface area (Å²) in [5.41, 5.74) is 8.92. The van der Waals surface area contributed by atoms with Crippen LogP contribution < -0.4 is 10.5 Å². The molecule has 0 atom stereocenters. The summed E-state index contributed by atoms with van der Waals surface area (Å²) >= 11 is 0. The molecule has 4 heteroatoms. The van der Waals surface area contributed by atoms with Crippen molar-refractivity contribution in [1.82, 2.24) is 4.90 Å². The van der Waals surface area contributed by atoms with E-state index in [0.29, 0.717) is 6.61 Å². The van der Waals surface area contributed by atoms with Crippen LogP contribution in [0.25, 0.3) is 0 Å². The van der Waals surface area contributed by atoms with E-state index >= 15 is 0 Å². The standard InChI is InChI=1S/C19H22N2O2/c1-14-2-4-16(5-3-14)13-23-18-8-6-15(7-9-18)10-21-11-17(12-21)19(20)22/h2-9,17H,10-13H2,1H3,(H2,20,22). The monoisotopic (exact) mass is 310 g/mol. The first-order valence-corrected chi connectivity index (χ1v) is 7.89. The van der Waals surface area contributed by atoms with Crippen molar-refractivity contribution in [2.75, 3.05) is 13.1 Å². The first-order valence-electron chi connectivity index (χ1n) is 7.89. The molecule has 0 radical (unpaired) electrons. The maximum Gasteiger partial charge on any atom is 0.223 e. The molecule has 23 heavy (non-hydrogen) atoms. The number of hydrogen-bond acceptors (Lipinski definition) is 3. The zero-order valence-corrected chi connectivity index (χ0v) is 13.4. The van der Waals surface area contributed by atoms with Crippen molar-refractivity contribution < 1.29 is 9.53 Å². The van der Waals surface area contributed by atoms with Gasteiger partial charge in [-0.1, -0.05) is 42.0 Å². The quantitative estimate of drug-likeness (QED) is 0.892. The number of carbonyl (C=O) groups excluding carboxylic acids is 1. The number of carbonyl (C=O) groups is 1. The fourth-order valence-electron chi connectivity index (χ4n) is 2.68. The van der Waals surface area contributed by atoms with Gasteiger partial charge >= 0.3 is 0 Å². The SMILES string of the molecule is Cc1ccc(COc2ccc(CN3CC(C(N)=O)C3)cc2)cc1. The molecule has 2 aromatic rings. The summed E-state index contributed by atoms with van der Waals surface area (Å²) in [6.07, 6.45) is 0. The van der Waals surface area contributed by atoms with Gasteiger partial charge in [-0.05, 0) is 30.2 Å². The third-order valence-corrected chi connectivity index (χ3v) is 4.22. The highest BCUT2D eigenvalue weighted by Gasteiger charge is 2.30. The van der Waals surface area contributed by atoms with Crippen LogP contribution in [0.1, 0.15) is 16.7 Å². The van der Waals surface area contributed by atoms with Gasteiger partial charge in [0.05, 0.1) is 5.92 Å². The smallest absolute Gasteiger partial charge is 0.223 e. The fraction of sp³-hybridized carbons (Fsp3) is 0.316. The largest absolute Gasteiger partial charge is 0.489 e. The first kappa shape index (κ1) is 15.6. The molecule has 2 aromatic carbocycles. The van der Waals surface area contributed by atoms with Crippen LogP contribution in [0.5, 0.6) is 5.75 Å². The first-order chi connectivity index (χ1) is 11.1. The summed E-state index contributed by atoms with van der Waals surface area (Å²) in [5.74, 6) is 0.696. The van der Waals surface area contributed by atoms with Gasteiger partial charge in [-0.25, -0.2) is 0 Å². The minimum atomic E-state index is -0.193. The minimum Gasteiger partial charge on any atom is -0.489 e. The third kappa shape index (κ3) is 4.11. The molecule has 2 N–H and O–H groups in total. The molecule has 1 heterocycles. The zero-order chi connectivity index (χ0) is 16.2. The van der Waals surface area contributed by atoms with E-state index in [1.807, 2.05) is 12.1 Å². The molecule has 4 nitrogen and oxygen atoms in total. The number of nitrogens with zero attached hydrogens (tertiary/aromatic N) is 1. The molecule has 1 aliphatic rings. The molecule has 0 aromatic heterocycles. The minimum absolute atomic E-state index is 0.0205. The molecule has 1 fully saturated rings. The van der Waals surface area contributed by atoms with E-state index in [4.69, 9.17) is 10.5 Å². The molecular weight excluding hydrogens is 288 g/mol. The number of aryl methyl sites for hydroxylation is 1. The highest BCUT2D eigenvalue weighted by atomic mass is 16.5. The second kappa shape index (κ2) is 6.84. The predicted octanol–water partition coefficient (Wildman–Crippen LogP) is 2.49. The lowest BCUT2D eigenvalue weighted by Crippen LogP contribution is -2.51. The van der Waals surface area contributed by atoms with E-state index in [9.17, 15) is 4.79 Å². The van der Waals surface area contributed by atoms with Crippen LogP contribution in [0.2, 0.25) is 0 Å². The summed E-state index contributed by atoms with van der Waals surface area (Å²) in [5, 5.41) is 0. The Hall–Kier alpha value is -2.33. The van der Waals surface area contributed by atoms with Gasteiger partial charge in [0.1, 0.15) is 12.4 Å². The van der Waals surface area contributed by atoms with Gasteiger partial charge in [-0.2, -0.15) is 0 Å². The van der Waals surface area contributed by atoms with Crippen LogP contribution in [0.3, 0.4) is 0 Å². The Morgan fingerprint density at radius 2 is 1.70 bits per heavy atom. The lowest BCUT2D eigenvalue weighted by Gasteiger charge is -2.37. The fourth-order valence-corrected chi connectivity index (χ4v) is 2.68. The molecule has 1 amide bonds. The summed E-state index contributed by atoms with van der Waals surface area (Å²) in [4.78, 5) is 13.2. The number of rotatable bonds is 6. The van der Waals surface area contributed by atoms with Gasteiger partial charge in [0.15, 0.2) is 0 Å². The van der Waals surface area contributed by atoms with E-state index in [2.05, 4.69) is 48.2 Å². The molecule has 3 rings (SSSR count). The topological polar surface area (TPSA) is 55.6 Å². The van der Waals surface area contributed by atoms with Gasteiger partial charge < -0.3 is 10.5 Å². The molecular formula is C19H22N2O2. The van der Waals surface area contributed by atoms with Crippen LogP contribution in [0.4, 0.5) is 0 Å². The number of ether oxygens (including phenoxy) is 1. The summed E-state index contributed by atoms with van der Waals surface area (Å²) in [7, 11) is 0. The number of likely N-dealkylation sites (tertiary alicyclic amines) is 1. The highest BCUT2D eigenvalue weighted by molar-refractivity contribution is 5.78. The van der Waals surface area contributed by atoms with Crippen LogP contribution in [-0.4, -0.2) is 23.9 Å². The zero-order valence-electron chi connectivity index (χ0n) is 13.4. The van der Waals surface area contributed by atoms with Gasteiger partial charge in [-0.3, -0.25) is 9.69 Å². The van der Waals surface area contributed by atoms with Gasteiger partial charge in [0.2, 0.25) is 5.91 Å². The number of amides is 1. The van der Waals surface area contributed by atoms with Crippen molar-refractivity contribution in [1.29, 1.82) is 0 Å². The Kier molecular flexibility index (Phi) is 4.63. The Morgan fingerprint density at radius 1 is 1.09 bits per heavy atom. The van der Waals surface area contributed by atoms with Gasteiger partial charge in [0, 0.05) is 19.6 Å². The normalized spacial score (nSPS) is 15.2. The van der Waals surface area contributed by atoms with E-state index in [-0.39, 0.29) is 11.8 Å². The van der Waals surface area contributed by atoms with Crippen LogP contribution in [0.15, 0.2) is 48.5 Å². The molecule has 0 bridgehead atoms. The molecule has 0 aliphatic carbocycles. The Morgan fingerprint density at radius 3 is 2.30 bits per heavy atom. The lowest BCUT2D eigenvalue weighted by atomic mass is 9.99. The second-order valence-electron chi connectivity index (χ2n) is 6.21. The molecule has 1 saturated heterocycles. The van der Waals surface area contributed by atoms with Crippen molar-refractivity contribution >= 4 is 5.91 Å². The Balaban J connectivity index is 1.47. The lowest BCUT2D eigenvalue weighted by molar-refractivity contribution is -0.127. The molecule has 0 saturated carbocycles. The third-order valence-electron chi connectivity index (χ3n) is 4.22. The van der Waals surface area contributed by atoms with Crippen molar-refractivity contribution in [3.05, 3.63) is 65.2 Å². The van der Waals surface area contributed by atoms with Crippen molar-refractivity contribution in [2.24, 2.45) is 11.7 Å². The van der Waals surface area contributed by atoms with Gasteiger partial charge in [-0.15, -0.1) is 0 Å². The number of benzene rings is 2. The average Bonchev–Trinajstić information content (AvgIpc) is 2.51. The summed E-state index contributed by atoms with van der Waals surface area (Å²) < 4.78 is 5.81. The number of primary amides is 1. The predicted molar refractivity (Wildman–Crippen MR) is 89.9 cm³/mol. The van der Waals surface area contributed by atoms with Crippen LogP contribution in [0, 0.1) is 12.8 Å². The van der Waals surface area contributed by atoms with E-state index in [1.54, 1.807) is 0 Å². The van der Waals surface area contributed by atoms with Crippen LogP contribution >= 0.6 is 0 Å². The van der Waals surface area contributed by atoms with Crippen molar-refractivity contribution in [3.8, 4) is 5.75 Å². The molecule has 0 spiro atoms. The van der Waals surface area contributed by atoms with E-state index < -0.39 is 0 Å². The van der Waals surface area contributed by atoms with Gasteiger partial charge in [0.25, 0.3) is 0 Å². The number of nitrogens with two attached hydrogens (primary N) is 1. The maximum atomic E-state index is 11.0. The summed E-state index contributed by atoms with van der Waals surface area (Å²) in [6.45, 7) is 5.03. The average molecular weight is 310 g/mol. The molecule has 120 valence electrons. The number of hydrogen-bond donors (Lipinski definition) is 1. The summed E-state index contributed by atoms with van der Waals surface area (Å²) in [6, 6.07) is 16.5. The highest BCUT2D eigenvalue weighted by Crippen LogP contribution is 2.20. The maximum absolute atomic E-state index is 11.0. The van der Waals surface area contributed by atoms with Crippen LogP contribution in [-0.2, 0) is 17.9 Å². The Bertz CT molecular complexity index is 659. The Labute approximate surface area is 136 Å². The second-order valence-corrected chi connectivity index (χ2v) is 6.21. The molecule has 1 aliphatic heterocycles. The van der Waals surface area contributed by atoms with Crippen molar-refractivity contribution in [3.63, 3.8) is 0 Å².